The van der Waals surface area contributed by atoms with Crippen LogP contribution in [0, 0.1) is 13.8 Å². The molecular formula is C19H23NO4. The molecule has 2 rings (SSSR count). The number of aromatic nitrogens is 1. The Balaban J connectivity index is 2.09. The highest BCUT2D eigenvalue weighted by Gasteiger charge is 2.22. The molecule has 2 aromatic rings. The van der Waals surface area contributed by atoms with Gasteiger partial charge in [0.2, 0.25) is 5.78 Å². The minimum absolute atomic E-state index is 0.0948. The third kappa shape index (κ3) is 3.67. The quantitative estimate of drug-likeness (QED) is 0.646. The van der Waals surface area contributed by atoms with E-state index in [4.69, 9.17) is 9.47 Å². The van der Waals surface area contributed by atoms with Gasteiger partial charge in [-0.3, -0.25) is 4.79 Å². The molecule has 0 amide bonds. The number of Topliss-reactive ketones (excluding diaryl/α,β-unsaturated/α-hetero) is 1. The Bertz CT molecular complexity index is 741. The molecule has 0 spiro atoms. The van der Waals surface area contributed by atoms with Crippen molar-refractivity contribution in [1.29, 1.82) is 0 Å². The molecule has 128 valence electrons. The standard InChI is InChI=1S/C19H23NO4/c1-11(2)14-6-8-15(9-7-14)24-10-16(21)18-12(3)17(13(4)20-18)19(22)23-5/h6-9,11,20H,10H2,1-5H3. The fourth-order valence-electron chi connectivity index (χ4n) is 2.61. The van der Waals surface area contributed by atoms with E-state index in [9.17, 15) is 9.59 Å². The number of hydrogen-bond donors (Lipinski definition) is 1. The number of aryl methyl sites for hydroxylation is 1. The topological polar surface area (TPSA) is 68.4 Å². The van der Waals surface area contributed by atoms with Gasteiger partial charge in [-0.1, -0.05) is 26.0 Å². The van der Waals surface area contributed by atoms with E-state index in [-0.39, 0.29) is 12.4 Å². The molecule has 1 heterocycles. The minimum atomic E-state index is -0.453. The predicted molar refractivity (Wildman–Crippen MR) is 92.0 cm³/mol. The zero-order valence-electron chi connectivity index (χ0n) is 14.7. The zero-order valence-corrected chi connectivity index (χ0v) is 14.7. The van der Waals surface area contributed by atoms with Gasteiger partial charge in [0.05, 0.1) is 18.4 Å². The van der Waals surface area contributed by atoms with Crippen molar-refractivity contribution in [2.75, 3.05) is 13.7 Å². The second-order valence-corrected chi connectivity index (χ2v) is 6.05. The SMILES string of the molecule is COC(=O)c1c(C)[nH]c(C(=O)COc2ccc(C(C)C)cc2)c1C. The number of methoxy groups -OCH3 is 1. The Morgan fingerprint density at radius 1 is 1.12 bits per heavy atom. The highest BCUT2D eigenvalue weighted by Crippen LogP contribution is 2.21. The van der Waals surface area contributed by atoms with Gasteiger partial charge in [-0.15, -0.1) is 0 Å². The monoisotopic (exact) mass is 329 g/mol. The number of carbonyl (C=O) groups is 2. The molecule has 0 aliphatic carbocycles. The number of carbonyl (C=O) groups excluding carboxylic acids is 2. The maximum Gasteiger partial charge on any atom is 0.339 e. The van der Waals surface area contributed by atoms with Crippen LogP contribution < -0.4 is 4.74 Å². The molecule has 24 heavy (non-hydrogen) atoms. The van der Waals surface area contributed by atoms with Crippen molar-refractivity contribution in [1.82, 2.24) is 4.98 Å². The van der Waals surface area contributed by atoms with Gasteiger partial charge in [0, 0.05) is 5.69 Å². The summed E-state index contributed by atoms with van der Waals surface area (Å²) < 4.78 is 10.3. The number of rotatable bonds is 6. The number of ketones is 1. The third-order valence-corrected chi connectivity index (χ3v) is 4.02. The van der Waals surface area contributed by atoms with Crippen LogP contribution in [0.2, 0.25) is 0 Å². The first-order valence-corrected chi connectivity index (χ1v) is 7.88. The maximum absolute atomic E-state index is 12.4. The van der Waals surface area contributed by atoms with Gasteiger partial charge in [0.25, 0.3) is 0 Å². The van der Waals surface area contributed by atoms with Gasteiger partial charge in [-0.05, 0) is 43.0 Å². The summed E-state index contributed by atoms with van der Waals surface area (Å²) in [7, 11) is 1.32. The van der Waals surface area contributed by atoms with Gasteiger partial charge in [-0.25, -0.2) is 4.79 Å². The van der Waals surface area contributed by atoms with Crippen molar-refractivity contribution in [2.24, 2.45) is 0 Å². The molecule has 0 radical (unpaired) electrons. The lowest BCUT2D eigenvalue weighted by molar-refractivity contribution is 0.0599. The number of ether oxygens (including phenoxy) is 2. The first kappa shape index (κ1) is 17.8. The van der Waals surface area contributed by atoms with Crippen molar-refractivity contribution in [3.63, 3.8) is 0 Å². The molecule has 5 heteroatoms. The normalized spacial score (nSPS) is 10.8. The van der Waals surface area contributed by atoms with Gasteiger partial charge < -0.3 is 14.5 Å². The number of hydrogen-bond acceptors (Lipinski definition) is 4. The molecule has 0 unspecified atom stereocenters. The zero-order chi connectivity index (χ0) is 17.9. The molecule has 5 nitrogen and oxygen atoms in total. The van der Waals surface area contributed by atoms with E-state index in [1.807, 2.05) is 24.3 Å². The summed E-state index contributed by atoms with van der Waals surface area (Å²) in [6.45, 7) is 7.60. The van der Waals surface area contributed by atoms with Crippen LogP contribution in [0.4, 0.5) is 0 Å². The van der Waals surface area contributed by atoms with E-state index in [1.165, 1.54) is 12.7 Å². The maximum atomic E-state index is 12.4. The molecule has 0 atom stereocenters. The molecule has 0 fully saturated rings. The second kappa shape index (κ2) is 7.34. The average molecular weight is 329 g/mol. The summed E-state index contributed by atoms with van der Waals surface area (Å²) in [6.07, 6.45) is 0. The summed E-state index contributed by atoms with van der Waals surface area (Å²) in [4.78, 5) is 27.1. The smallest absolute Gasteiger partial charge is 0.339 e. The van der Waals surface area contributed by atoms with E-state index in [1.54, 1.807) is 13.8 Å². The Morgan fingerprint density at radius 3 is 2.29 bits per heavy atom. The van der Waals surface area contributed by atoms with Gasteiger partial charge in [-0.2, -0.15) is 0 Å². The highest BCUT2D eigenvalue weighted by molar-refractivity contribution is 6.02. The Hall–Kier alpha value is -2.56. The molecule has 1 N–H and O–H groups in total. The summed E-state index contributed by atoms with van der Waals surface area (Å²) in [5.41, 5.74) is 3.20. The number of benzene rings is 1. The molecular weight excluding hydrogens is 306 g/mol. The van der Waals surface area contributed by atoms with Crippen LogP contribution in [-0.4, -0.2) is 30.5 Å². The molecule has 0 aliphatic rings. The number of aromatic amines is 1. The highest BCUT2D eigenvalue weighted by atomic mass is 16.5. The molecule has 0 saturated heterocycles. The van der Waals surface area contributed by atoms with Gasteiger partial charge in [0.15, 0.2) is 6.61 Å². The minimum Gasteiger partial charge on any atom is -0.485 e. The summed E-state index contributed by atoms with van der Waals surface area (Å²) >= 11 is 0. The molecule has 1 aromatic heterocycles. The fraction of sp³-hybridized carbons (Fsp3) is 0.368. The van der Waals surface area contributed by atoms with E-state index >= 15 is 0 Å². The van der Waals surface area contributed by atoms with Crippen molar-refractivity contribution < 1.29 is 19.1 Å². The second-order valence-electron chi connectivity index (χ2n) is 6.05. The fourth-order valence-corrected chi connectivity index (χ4v) is 2.61. The molecule has 1 aromatic carbocycles. The largest absolute Gasteiger partial charge is 0.485 e. The summed E-state index contributed by atoms with van der Waals surface area (Å²) in [5, 5.41) is 0. The third-order valence-electron chi connectivity index (χ3n) is 4.02. The van der Waals surface area contributed by atoms with Crippen molar-refractivity contribution >= 4 is 11.8 Å². The number of nitrogens with one attached hydrogen (secondary N) is 1. The van der Waals surface area contributed by atoms with Crippen molar-refractivity contribution in [3.8, 4) is 5.75 Å². The van der Waals surface area contributed by atoms with Gasteiger partial charge in [0.1, 0.15) is 5.75 Å². The first-order valence-electron chi connectivity index (χ1n) is 7.88. The van der Waals surface area contributed by atoms with E-state index < -0.39 is 5.97 Å². The van der Waals surface area contributed by atoms with Crippen LogP contribution in [0.3, 0.4) is 0 Å². The molecule has 0 aliphatic heterocycles. The number of esters is 1. The van der Waals surface area contributed by atoms with E-state index in [0.717, 1.165) is 0 Å². The van der Waals surface area contributed by atoms with Crippen LogP contribution >= 0.6 is 0 Å². The Kier molecular flexibility index (Phi) is 5.44. The van der Waals surface area contributed by atoms with Crippen LogP contribution in [0.15, 0.2) is 24.3 Å². The van der Waals surface area contributed by atoms with E-state index in [0.29, 0.717) is 34.2 Å². The lowest BCUT2D eigenvalue weighted by atomic mass is 10.0. The Labute approximate surface area is 142 Å². The summed E-state index contributed by atoms with van der Waals surface area (Å²) in [6, 6.07) is 7.69. The van der Waals surface area contributed by atoms with Gasteiger partial charge >= 0.3 is 5.97 Å². The summed E-state index contributed by atoms with van der Waals surface area (Å²) in [5.74, 6) is 0.424. The van der Waals surface area contributed by atoms with Crippen LogP contribution in [0.1, 0.15) is 57.4 Å². The van der Waals surface area contributed by atoms with Crippen molar-refractivity contribution in [3.05, 3.63) is 52.3 Å². The molecule has 0 saturated carbocycles. The first-order chi connectivity index (χ1) is 11.3. The predicted octanol–water partition coefficient (Wildman–Crippen LogP) is 3.80. The van der Waals surface area contributed by atoms with E-state index in [2.05, 4.69) is 18.8 Å². The van der Waals surface area contributed by atoms with Crippen LogP contribution in [0.5, 0.6) is 5.75 Å². The van der Waals surface area contributed by atoms with Crippen LogP contribution in [0.25, 0.3) is 0 Å². The number of H-pyrrole nitrogens is 1. The lowest BCUT2D eigenvalue weighted by Crippen LogP contribution is -2.13. The Morgan fingerprint density at radius 2 is 1.75 bits per heavy atom. The van der Waals surface area contributed by atoms with Crippen LogP contribution in [-0.2, 0) is 4.74 Å². The lowest BCUT2D eigenvalue weighted by Gasteiger charge is -2.08. The average Bonchev–Trinajstić information content (AvgIpc) is 2.87. The molecule has 0 bridgehead atoms. The van der Waals surface area contributed by atoms with Crippen molar-refractivity contribution in [2.45, 2.75) is 33.6 Å².